The second kappa shape index (κ2) is 6.28. The first kappa shape index (κ1) is 15.2. The Morgan fingerprint density at radius 2 is 1.64 bits per heavy atom. The molecule has 0 atom stereocenters. The van der Waals surface area contributed by atoms with Crippen molar-refractivity contribution in [3.8, 4) is 11.3 Å². The Morgan fingerprint density at radius 3 is 2.40 bits per heavy atom. The molecule has 2 heterocycles. The molecule has 0 aliphatic rings. The molecule has 0 amide bonds. The van der Waals surface area contributed by atoms with Crippen LogP contribution >= 0.6 is 0 Å². The molecule has 0 N–H and O–H groups in total. The number of hydrogen-bond donors (Lipinski definition) is 0. The average molecular weight is 330 g/mol. The van der Waals surface area contributed by atoms with E-state index in [1.54, 1.807) is 12.1 Å². The molecule has 0 bridgehead atoms. The fourth-order valence-corrected chi connectivity index (χ4v) is 2.60. The predicted octanol–water partition coefficient (Wildman–Crippen LogP) is 5.86. The largest absolute Gasteiger partial charge is 0.283 e. The Bertz CT molecular complexity index is 1050. The molecule has 25 heavy (non-hydrogen) atoms. The fourth-order valence-electron chi connectivity index (χ4n) is 2.60. The fraction of sp³-hybridized carbons (Fsp3) is 0.0500. The minimum atomic E-state index is -0.297. The number of fused-ring (bicyclic) bond motifs is 1. The minimum Gasteiger partial charge on any atom is -0.283 e. The van der Waals surface area contributed by atoms with Gasteiger partial charge in [-0.15, -0.1) is 10.2 Å². The highest BCUT2D eigenvalue weighted by atomic mass is 19.1. The van der Waals surface area contributed by atoms with Gasteiger partial charge in [-0.05, 0) is 43.3 Å². The van der Waals surface area contributed by atoms with Gasteiger partial charge in [-0.25, -0.2) is 9.37 Å². The number of imidazole rings is 1. The molecule has 0 fully saturated rings. The second-order valence-corrected chi connectivity index (χ2v) is 5.76. The molecular formula is C20H15FN4. The number of aromatic nitrogens is 2. The molecule has 0 spiro atoms. The lowest BCUT2D eigenvalue weighted by Crippen LogP contribution is -1.82. The van der Waals surface area contributed by atoms with Crippen LogP contribution in [-0.4, -0.2) is 9.38 Å². The van der Waals surface area contributed by atoms with Crippen molar-refractivity contribution in [1.82, 2.24) is 9.38 Å². The lowest BCUT2D eigenvalue weighted by molar-refractivity contribution is 0.628. The number of aryl methyl sites for hydroxylation is 1. The lowest BCUT2D eigenvalue weighted by Gasteiger charge is -2.00. The molecule has 5 heteroatoms. The van der Waals surface area contributed by atoms with E-state index in [4.69, 9.17) is 0 Å². The Labute approximate surface area is 144 Å². The minimum absolute atomic E-state index is 0.297. The standard InChI is InChI=1S/C20H15FN4/c1-14-5-7-15(8-6-14)19-20(25-13-3-2-4-18(25)22-19)24-23-17-11-9-16(21)10-12-17/h2-13H,1H3. The van der Waals surface area contributed by atoms with Gasteiger partial charge in [0.25, 0.3) is 0 Å². The van der Waals surface area contributed by atoms with Crippen molar-refractivity contribution in [2.24, 2.45) is 10.2 Å². The van der Waals surface area contributed by atoms with Gasteiger partial charge in [0.15, 0.2) is 5.82 Å². The monoisotopic (exact) mass is 330 g/mol. The van der Waals surface area contributed by atoms with Crippen molar-refractivity contribution in [3.63, 3.8) is 0 Å². The summed E-state index contributed by atoms with van der Waals surface area (Å²) in [6.45, 7) is 2.04. The van der Waals surface area contributed by atoms with E-state index in [0.717, 1.165) is 16.9 Å². The summed E-state index contributed by atoms with van der Waals surface area (Å²) in [5.74, 6) is 0.345. The first-order chi connectivity index (χ1) is 12.2. The third kappa shape index (κ3) is 3.04. The predicted molar refractivity (Wildman–Crippen MR) is 95.9 cm³/mol. The summed E-state index contributed by atoms with van der Waals surface area (Å²) in [6.07, 6.45) is 1.90. The summed E-state index contributed by atoms with van der Waals surface area (Å²) < 4.78 is 14.9. The van der Waals surface area contributed by atoms with Gasteiger partial charge in [-0.1, -0.05) is 35.9 Å². The van der Waals surface area contributed by atoms with Crippen LogP contribution in [0, 0.1) is 12.7 Å². The van der Waals surface area contributed by atoms with Gasteiger partial charge in [0.1, 0.15) is 17.2 Å². The van der Waals surface area contributed by atoms with Crippen LogP contribution in [-0.2, 0) is 0 Å². The van der Waals surface area contributed by atoms with Gasteiger partial charge in [0, 0.05) is 11.8 Å². The third-order valence-electron chi connectivity index (χ3n) is 3.92. The molecule has 0 unspecified atom stereocenters. The SMILES string of the molecule is Cc1ccc(-c2nc3ccccn3c2N=Nc2ccc(F)cc2)cc1. The number of nitrogens with zero attached hydrogens (tertiary/aromatic N) is 4. The molecule has 0 aliphatic carbocycles. The zero-order chi connectivity index (χ0) is 17.2. The van der Waals surface area contributed by atoms with E-state index in [0.29, 0.717) is 11.5 Å². The van der Waals surface area contributed by atoms with Crippen LogP contribution in [0.25, 0.3) is 16.9 Å². The molecule has 4 nitrogen and oxygen atoms in total. The number of pyridine rings is 1. The molecule has 0 aliphatic heterocycles. The van der Waals surface area contributed by atoms with E-state index >= 15 is 0 Å². The average Bonchev–Trinajstić information content (AvgIpc) is 3.00. The van der Waals surface area contributed by atoms with Crippen LogP contribution in [0.2, 0.25) is 0 Å². The quantitative estimate of drug-likeness (QED) is 0.433. The van der Waals surface area contributed by atoms with Crippen molar-refractivity contribution in [3.05, 3.63) is 84.3 Å². The Morgan fingerprint density at radius 1 is 0.880 bits per heavy atom. The summed E-state index contributed by atoms with van der Waals surface area (Å²) in [7, 11) is 0. The van der Waals surface area contributed by atoms with Crippen molar-refractivity contribution < 1.29 is 4.39 Å². The van der Waals surface area contributed by atoms with Crippen LogP contribution in [0.1, 0.15) is 5.56 Å². The molecule has 0 saturated carbocycles. The van der Waals surface area contributed by atoms with Gasteiger partial charge in [-0.2, -0.15) is 0 Å². The number of halogens is 1. The Kier molecular flexibility index (Phi) is 3.82. The Balaban J connectivity index is 1.84. The van der Waals surface area contributed by atoms with Crippen molar-refractivity contribution >= 4 is 17.2 Å². The third-order valence-corrected chi connectivity index (χ3v) is 3.92. The molecular weight excluding hydrogens is 315 g/mol. The Hall–Kier alpha value is -3.34. The first-order valence-corrected chi connectivity index (χ1v) is 7.92. The smallest absolute Gasteiger partial charge is 0.187 e. The summed E-state index contributed by atoms with van der Waals surface area (Å²) in [4.78, 5) is 4.69. The summed E-state index contributed by atoms with van der Waals surface area (Å²) in [6, 6.07) is 19.8. The lowest BCUT2D eigenvalue weighted by atomic mass is 10.1. The van der Waals surface area contributed by atoms with Gasteiger partial charge >= 0.3 is 0 Å². The maximum Gasteiger partial charge on any atom is 0.187 e. The summed E-state index contributed by atoms with van der Waals surface area (Å²) >= 11 is 0. The highest BCUT2D eigenvalue weighted by molar-refractivity contribution is 5.74. The topological polar surface area (TPSA) is 42.0 Å². The zero-order valence-electron chi connectivity index (χ0n) is 13.6. The van der Waals surface area contributed by atoms with E-state index in [1.165, 1.54) is 17.7 Å². The van der Waals surface area contributed by atoms with Crippen molar-refractivity contribution in [2.75, 3.05) is 0 Å². The number of rotatable bonds is 3. The van der Waals surface area contributed by atoms with Gasteiger partial charge < -0.3 is 0 Å². The van der Waals surface area contributed by atoms with E-state index in [-0.39, 0.29) is 5.82 Å². The molecule has 4 rings (SSSR count). The highest BCUT2D eigenvalue weighted by Gasteiger charge is 2.13. The molecule has 2 aromatic carbocycles. The maximum absolute atomic E-state index is 13.0. The van der Waals surface area contributed by atoms with Crippen LogP contribution in [0.15, 0.2) is 83.2 Å². The van der Waals surface area contributed by atoms with Crippen LogP contribution in [0.5, 0.6) is 0 Å². The maximum atomic E-state index is 13.0. The van der Waals surface area contributed by atoms with Gasteiger partial charge in [-0.3, -0.25) is 4.40 Å². The number of azo groups is 1. The summed E-state index contributed by atoms with van der Waals surface area (Å²) in [5.41, 5.74) is 4.30. The summed E-state index contributed by atoms with van der Waals surface area (Å²) in [5, 5.41) is 8.64. The van der Waals surface area contributed by atoms with E-state index in [1.807, 2.05) is 60.0 Å². The molecule has 0 saturated heterocycles. The van der Waals surface area contributed by atoms with Crippen LogP contribution in [0.3, 0.4) is 0 Å². The first-order valence-electron chi connectivity index (χ1n) is 7.92. The molecule has 4 aromatic rings. The van der Waals surface area contributed by atoms with Crippen LogP contribution in [0.4, 0.5) is 15.9 Å². The zero-order valence-corrected chi connectivity index (χ0v) is 13.6. The number of hydrogen-bond acceptors (Lipinski definition) is 3. The van der Waals surface area contributed by atoms with E-state index < -0.39 is 0 Å². The van der Waals surface area contributed by atoms with Crippen molar-refractivity contribution in [2.45, 2.75) is 6.92 Å². The van der Waals surface area contributed by atoms with Gasteiger partial charge in [0.05, 0.1) is 5.69 Å². The molecule has 2 aromatic heterocycles. The van der Waals surface area contributed by atoms with E-state index in [9.17, 15) is 4.39 Å². The van der Waals surface area contributed by atoms with Crippen LogP contribution < -0.4 is 0 Å². The normalized spacial score (nSPS) is 11.4. The van der Waals surface area contributed by atoms with E-state index in [2.05, 4.69) is 15.2 Å². The highest BCUT2D eigenvalue weighted by Crippen LogP contribution is 2.32. The second-order valence-electron chi connectivity index (χ2n) is 5.76. The molecule has 0 radical (unpaired) electrons. The number of benzene rings is 2. The molecule has 122 valence electrons. The van der Waals surface area contributed by atoms with Gasteiger partial charge in [0.2, 0.25) is 0 Å². The van der Waals surface area contributed by atoms with Crippen molar-refractivity contribution in [1.29, 1.82) is 0 Å².